The second-order valence-electron chi connectivity index (χ2n) is 0.903. The minimum atomic E-state index is -1.65. The second kappa shape index (κ2) is 2.60. The Morgan fingerprint density at radius 1 is 1.57 bits per heavy atom. The van der Waals surface area contributed by atoms with Crippen LogP contribution in [0.25, 0.3) is 0 Å². The van der Waals surface area contributed by atoms with Crippen molar-refractivity contribution in [3.63, 3.8) is 0 Å². The minimum Gasteiger partial charge on any atom is -0.213 e. The largest absolute Gasteiger partial charge is 0.249 e. The molecule has 0 rings (SSSR count). The van der Waals surface area contributed by atoms with Crippen LogP contribution in [0.15, 0.2) is 11.1 Å². The van der Waals surface area contributed by atoms with Gasteiger partial charge in [0.25, 0.3) is 0 Å². The molecule has 0 atom stereocenters. The number of halogens is 4. The fraction of sp³-hybridized carbons (Fsp3) is 0.333. The zero-order chi connectivity index (χ0) is 6.08. The Morgan fingerprint density at radius 2 is 1.71 bits per heavy atom. The quantitative estimate of drug-likeness (QED) is 0.651. The molecule has 0 aliphatic heterocycles. The third-order valence-corrected chi connectivity index (χ3v) is 2.88. The molecule has 0 unspecified atom stereocenters. The molecule has 0 spiro atoms. The third-order valence-electron chi connectivity index (χ3n) is 0.308. The summed E-state index contributed by atoms with van der Waals surface area (Å²) >= 11 is 8.12. The first-order chi connectivity index (χ1) is 2.94. The molecule has 0 amide bonds. The van der Waals surface area contributed by atoms with Gasteiger partial charge in [-0.25, -0.2) is 4.39 Å². The lowest BCUT2D eigenvalue weighted by Crippen LogP contribution is -1.98. The van der Waals surface area contributed by atoms with Gasteiger partial charge in [-0.2, -0.15) is 0 Å². The van der Waals surface area contributed by atoms with E-state index in [1.165, 1.54) is 0 Å². The number of hydrogen-bond donors (Lipinski definition) is 0. The number of allylic oxidation sites excluding steroid dienone is 1. The normalized spacial score (nSPS) is 11.4. The summed E-state index contributed by atoms with van der Waals surface area (Å²) in [6.45, 7) is 3.27. The zero-order valence-corrected chi connectivity index (χ0v) is 7.98. The van der Waals surface area contributed by atoms with Gasteiger partial charge < -0.3 is 0 Å². The van der Waals surface area contributed by atoms with Crippen LogP contribution in [0.1, 0.15) is 0 Å². The van der Waals surface area contributed by atoms with E-state index in [0.29, 0.717) is 0 Å². The summed E-state index contributed by atoms with van der Waals surface area (Å²) in [6.07, 6.45) is 0. The SMILES string of the molecule is C=C(Br)C(F)(Br)Br. The topological polar surface area (TPSA) is 0 Å². The Labute approximate surface area is 66.5 Å². The molecule has 0 aromatic carbocycles. The van der Waals surface area contributed by atoms with Crippen LogP contribution in [-0.2, 0) is 0 Å². The van der Waals surface area contributed by atoms with Crippen molar-refractivity contribution in [2.45, 2.75) is 3.49 Å². The van der Waals surface area contributed by atoms with E-state index in [1.54, 1.807) is 0 Å². The molecule has 0 heterocycles. The van der Waals surface area contributed by atoms with Crippen LogP contribution < -0.4 is 0 Å². The Bertz CT molecular complexity index is 82.7. The lowest BCUT2D eigenvalue weighted by atomic mass is 10.7. The van der Waals surface area contributed by atoms with Crippen LogP contribution in [0.4, 0.5) is 4.39 Å². The highest BCUT2D eigenvalue weighted by atomic mass is 79.9. The van der Waals surface area contributed by atoms with E-state index in [4.69, 9.17) is 0 Å². The van der Waals surface area contributed by atoms with Gasteiger partial charge in [0.15, 0.2) is 0 Å². The maximum atomic E-state index is 12.2. The summed E-state index contributed by atoms with van der Waals surface area (Å²) in [7, 11) is 0. The number of hydrogen-bond acceptors (Lipinski definition) is 0. The summed E-state index contributed by atoms with van der Waals surface area (Å²) in [5.41, 5.74) is 0. The molecule has 0 aromatic heterocycles. The summed E-state index contributed by atoms with van der Waals surface area (Å²) in [5, 5.41) is 0. The van der Waals surface area contributed by atoms with Crippen LogP contribution in [0, 0.1) is 0 Å². The van der Waals surface area contributed by atoms with Crippen LogP contribution in [0.2, 0.25) is 0 Å². The molecule has 0 aliphatic rings. The van der Waals surface area contributed by atoms with Crippen molar-refractivity contribution in [1.29, 1.82) is 0 Å². The van der Waals surface area contributed by atoms with Crippen molar-refractivity contribution < 1.29 is 4.39 Å². The average Bonchev–Trinajstić information content (AvgIpc) is 1.31. The van der Waals surface area contributed by atoms with Crippen LogP contribution in [0.5, 0.6) is 0 Å². The van der Waals surface area contributed by atoms with Crippen molar-refractivity contribution in [3.05, 3.63) is 11.1 Å². The van der Waals surface area contributed by atoms with E-state index in [2.05, 4.69) is 54.4 Å². The lowest BCUT2D eigenvalue weighted by Gasteiger charge is -2.04. The molecule has 0 aliphatic carbocycles. The predicted octanol–water partition coefficient (Wildman–Crippen LogP) is 3.31. The highest BCUT2D eigenvalue weighted by molar-refractivity contribution is 9.26. The first-order valence-electron chi connectivity index (χ1n) is 1.36. The van der Waals surface area contributed by atoms with Gasteiger partial charge in [0, 0.05) is 4.48 Å². The number of rotatable bonds is 1. The summed E-state index contributed by atoms with van der Waals surface area (Å²) in [4.78, 5) is 0. The molecule has 0 bridgehead atoms. The van der Waals surface area contributed by atoms with Gasteiger partial charge in [-0.3, -0.25) is 0 Å². The first-order valence-corrected chi connectivity index (χ1v) is 3.74. The van der Waals surface area contributed by atoms with E-state index in [-0.39, 0.29) is 4.48 Å². The molecule has 7 heavy (non-hydrogen) atoms. The Kier molecular flexibility index (Phi) is 3.01. The highest BCUT2D eigenvalue weighted by Crippen LogP contribution is 2.37. The van der Waals surface area contributed by atoms with Gasteiger partial charge in [0.05, 0.1) is 0 Å². The Morgan fingerprint density at radius 3 is 1.71 bits per heavy atom. The third kappa shape index (κ3) is 3.67. The predicted molar refractivity (Wildman–Crippen MR) is 39.8 cm³/mol. The first kappa shape index (κ1) is 8.11. The van der Waals surface area contributed by atoms with E-state index < -0.39 is 3.49 Å². The van der Waals surface area contributed by atoms with E-state index in [0.717, 1.165) is 0 Å². The van der Waals surface area contributed by atoms with Gasteiger partial charge in [-0.15, -0.1) is 0 Å². The molecule has 0 aromatic rings. The fourth-order valence-electron chi connectivity index (χ4n) is 0. The summed E-state index contributed by atoms with van der Waals surface area (Å²) in [5.74, 6) is 0. The maximum Gasteiger partial charge on any atom is 0.249 e. The summed E-state index contributed by atoms with van der Waals surface area (Å²) < 4.78 is 10.8. The smallest absolute Gasteiger partial charge is 0.213 e. The van der Waals surface area contributed by atoms with Gasteiger partial charge in [-0.1, -0.05) is 22.5 Å². The van der Waals surface area contributed by atoms with E-state index >= 15 is 0 Å². The Hall–Kier alpha value is 1.11. The zero-order valence-electron chi connectivity index (χ0n) is 3.22. The van der Waals surface area contributed by atoms with Gasteiger partial charge in [0.2, 0.25) is 3.49 Å². The van der Waals surface area contributed by atoms with E-state index in [1.807, 2.05) is 0 Å². The Balaban J connectivity index is 3.79. The minimum absolute atomic E-state index is 0.222. The van der Waals surface area contributed by atoms with Gasteiger partial charge >= 0.3 is 0 Å². The van der Waals surface area contributed by atoms with Crippen molar-refractivity contribution in [2.24, 2.45) is 0 Å². The molecule has 0 fully saturated rings. The molecule has 42 valence electrons. The lowest BCUT2D eigenvalue weighted by molar-refractivity contribution is 0.496. The highest BCUT2D eigenvalue weighted by Gasteiger charge is 2.22. The monoisotopic (exact) mass is 294 g/mol. The van der Waals surface area contributed by atoms with Gasteiger partial charge in [0.1, 0.15) is 0 Å². The molecule has 0 saturated heterocycles. The molecule has 0 saturated carbocycles. The van der Waals surface area contributed by atoms with E-state index in [9.17, 15) is 4.39 Å². The van der Waals surface area contributed by atoms with Crippen LogP contribution in [-0.4, -0.2) is 3.49 Å². The molecular formula is C3H2Br3F. The molecular weight excluding hydrogens is 295 g/mol. The second-order valence-corrected chi connectivity index (χ2v) is 5.11. The fourth-order valence-corrected chi connectivity index (χ4v) is 0. The molecule has 0 N–H and O–H groups in total. The average molecular weight is 297 g/mol. The van der Waals surface area contributed by atoms with Gasteiger partial charge in [-0.05, 0) is 31.9 Å². The van der Waals surface area contributed by atoms with Crippen molar-refractivity contribution in [2.75, 3.05) is 0 Å². The van der Waals surface area contributed by atoms with Crippen LogP contribution >= 0.6 is 47.8 Å². The maximum absolute atomic E-state index is 12.2. The van der Waals surface area contributed by atoms with Crippen molar-refractivity contribution in [3.8, 4) is 0 Å². The van der Waals surface area contributed by atoms with Crippen LogP contribution in [0.3, 0.4) is 0 Å². The molecule has 0 radical (unpaired) electrons. The standard InChI is InChI=1S/C3H2Br3F/c1-2(4)3(5,6)7/h1H2. The van der Waals surface area contributed by atoms with Crippen molar-refractivity contribution >= 4 is 47.8 Å². The molecule has 0 nitrogen and oxygen atoms in total. The van der Waals surface area contributed by atoms with Crippen molar-refractivity contribution in [1.82, 2.24) is 0 Å². The summed E-state index contributed by atoms with van der Waals surface area (Å²) in [6, 6.07) is 0. The number of alkyl halides is 3. The molecule has 4 heteroatoms.